The first-order valence-electron chi connectivity index (χ1n) is 5.22. The van der Waals surface area contributed by atoms with Crippen LogP contribution in [0.15, 0.2) is 30.3 Å². The van der Waals surface area contributed by atoms with Gasteiger partial charge in [-0.3, -0.25) is 4.79 Å². The summed E-state index contributed by atoms with van der Waals surface area (Å²) in [5, 5.41) is 17.7. The Hall–Kier alpha value is -1.00. The predicted octanol–water partition coefficient (Wildman–Crippen LogP) is 1.97. The van der Waals surface area contributed by atoms with Crippen LogP contribution < -0.4 is 0 Å². The molecule has 4 heteroatoms. The van der Waals surface area contributed by atoms with E-state index in [1.807, 2.05) is 30.3 Å². The fourth-order valence-corrected chi connectivity index (χ4v) is 2.43. The molecule has 0 heterocycles. The highest BCUT2D eigenvalue weighted by Gasteiger charge is 2.18. The minimum absolute atomic E-state index is 0.163. The van der Waals surface area contributed by atoms with Crippen molar-refractivity contribution in [3.63, 3.8) is 0 Å². The normalized spacial score (nSPS) is 12.3. The van der Waals surface area contributed by atoms with Crippen LogP contribution in [0.1, 0.15) is 17.9 Å². The van der Waals surface area contributed by atoms with Gasteiger partial charge in [-0.2, -0.15) is 11.8 Å². The van der Waals surface area contributed by atoms with E-state index in [1.54, 1.807) is 11.8 Å². The van der Waals surface area contributed by atoms with Crippen LogP contribution in [0.25, 0.3) is 0 Å². The van der Waals surface area contributed by atoms with Gasteiger partial charge in [-0.25, -0.2) is 0 Å². The molecule has 2 N–H and O–H groups in total. The summed E-state index contributed by atoms with van der Waals surface area (Å²) in [5.74, 6) is 0.111. The van der Waals surface area contributed by atoms with E-state index in [0.29, 0.717) is 12.2 Å². The van der Waals surface area contributed by atoms with Gasteiger partial charge < -0.3 is 10.2 Å². The van der Waals surface area contributed by atoms with Crippen LogP contribution in [0.5, 0.6) is 0 Å². The first-order chi connectivity index (χ1) is 7.75. The van der Waals surface area contributed by atoms with Gasteiger partial charge in [0.1, 0.15) is 0 Å². The molecule has 0 spiro atoms. The van der Waals surface area contributed by atoms with Crippen LogP contribution in [0.4, 0.5) is 0 Å². The maximum Gasteiger partial charge on any atom is 0.311 e. The lowest BCUT2D eigenvalue weighted by Crippen LogP contribution is -2.14. The molecule has 88 valence electrons. The summed E-state index contributed by atoms with van der Waals surface area (Å²) in [7, 11) is 0. The molecule has 0 saturated heterocycles. The van der Waals surface area contributed by atoms with Crippen LogP contribution in [0.3, 0.4) is 0 Å². The first-order valence-corrected chi connectivity index (χ1v) is 6.37. The molecule has 1 aromatic rings. The van der Waals surface area contributed by atoms with Gasteiger partial charge >= 0.3 is 5.97 Å². The number of thioether (sulfide) groups is 1. The van der Waals surface area contributed by atoms with Gasteiger partial charge in [0.15, 0.2) is 0 Å². The fourth-order valence-electron chi connectivity index (χ4n) is 1.36. The highest BCUT2D eigenvalue weighted by atomic mass is 32.2. The third kappa shape index (κ3) is 4.24. The average molecular weight is 240 g/mol. The molecule has 0 fully saturated rings. The Morgan fingerprint density at radius 3 is 2.56 bits per heavy atom. The molecule has 0 amide bonds. The van der Waals surface area contributed by atoms with Crippen LogP contribution in [0, 0.1) is 0 Å². The minimum atomic E-state index is -0.789. The number of carbonyl (C=O) groups is 1. The van der Waals surface area contributed by atoms with E-state index < -0.39 is 11.9 Å². The number of rotatable bonds is 7. The second-order valence-electron chi connectivity index (χ2n) is 3.45. The number of aliphatic carboxylic acids is 1. The molecule has 16 heavy (non-hydrogen) atoms. The van der Waals surface area contributed by atoms with Crippen molar-refractivity contribution >= 4 is 17.7 Å². The van der Waals surface area contributed by atoms with E-state index in [-0.39, 0.29) is 6.61 Å². The topological polar surface area (TPSA) is 57.5 Å². The largest absolute Gasteiger partial charge is 0.481 e. The molecule has 1 unspecified atom stereocenters. The molecular formula is C12H16O3S. The molecule has 0 aliphatic rings. The van der Waals surface area contributed by atoms with Crippen molar-refractivity contribution in [2.45, 2.75) is 12.3 Å². The van der Waals surface area contributed by atoms with Gasteiger partial charge in [-0.15, -0.1) is 0 Å². The fraction of sp³-hybridized carbons (Fsp3) is 0.417. The number of benzene rings is 1. The summed E-state index contributed by atoms with van der Waals surface area (Å²) in [6.45, 7) is 0.163. The Labute approximate surface area is 99.5 Å². The number of carboxylic acids is 1. The van der Waals surface area contributed by atoms with Crippen molar-refractivity contribution in [1.82, 2.24) is 0 Å². The van der Waals surface area contributed by atoms with E-state index in [9.17, 15) is 4.79 Å². The SMILES string of the molecule is O=C(O)C(CSCCCO)c1ccccc1. The number of carboxylic acid groups (broad SMARTS) is 1. The van der Waals surface area contributed by atoms with Crippen LogP contribution >= 0.6 is 11.8 Å². The van der Waals surface area contributed by atoms with Gasteiger partial charge in [0.25, 0.3) is 0 Å². The molecule has 1 rings (SSSR count). The smallest absolute Gasteiger partial charge is 0.311 e. The van der Waals surface area contributed by atoms with Crippen molar-refractivity contribution < 1.29 is 15.0 Å². The molecule has 0 aliphatic heterocycles. The van der Waals surface area contributed by atoms with Crippen molar-refractivity contribution in [3.05, 3.63) is 35.9 Å². The Morgan fingerprint density at radius 1 is 1.31 bits per heavy atom. The summed E-state index contributed by atoms with van der Waals surface area (Å²) in [4.78, 5) is 11.1. The second kappa shape index (κ2) is 7.30. The lowest BCUT2D eigenvalue weighted by molar-refractivity contribution is -0.138. The van der Waals surface area contributed by atoms with Crippen LogP contribution in [0.2, 0.25) is 0 Å². The minimum Gasteiger partial charge on any atom is -0.481 e. The summed E-state index contributed by atoms with van der Waals surface area (Å²) >= 11 is 1.57. The van der Waals surface area contributed by atoms with E-state index in [4.69, 9.17) is 10.2 Å². The third-order valence-electron chi connectivity index (χ3n) is 2.23. The summed E-state index contributed by atoms with van der Waals surface area (Å²) in [5.41, 5.74) is 0.839. The van der Waals surface area contributed by atoms with Crippen molar-refractivity contribution in [1.29, 1.82) is 0 Å². The van der Waals surface area contributed by atoms with Gasteiger partial charge in [0, 0.05) is 12.4 Å². The maximum absolute atomic E-state index is 11.1. The van der Waals surface area contributed by atoms with E-state index in [2.05, 4.69) is 0 Å². The van der Waals surface area contributed by atoms with E-state index in [0.717, 1.165) is 11.3 Å². The zero-order valence-electron chi connectivity index (χ0n) is 9.00. The van der Waals surface area contributed by atoms with E-state index >= 15 is 0 Å². The van der Waals surface area contributed by atoms with Crippen molar-refractivity contribution in [2.24, 2.45) is 0 Å². The molecule has 0 bridgehead atoms. The molecule has 0 aliphatic carbocycles. The zero-order valence-corrected chi connectivity index (χ0v) is 9.82. The van der Waals surface area contributed by atoms with E-state index in [1.165, 1.54) is 0 Å². The van der Waals surface area contributed by atoms with Crippen molar-refractivity contribution in [3.8, 4) is 0 Å². The van der Waals surface area contributed by atoms with Crippen LogP contribution in [-0.4, -0.2) is 34.3 Å². The lowest BCUT2D eigenvalue weighted by atomic mass is 10.0. The Morgan fingerprint density at radius 2 is 2.00 bits per heavy atom. The second-order valence-corrected chi connectivity index (χ2v) is 4.60. The molecule has 0 saturated carbocycles. The number of aliphatic hydroxyl groups excluding tert-OH is 1. The maximum atomic E-state index is 11.1. The number of hydrogen-bond donors (Lipinski definition) is 2. The monoisotopic (exact) mass is 240 g/mol. The highest BCUT2D eigenvalue weighted by Crippen LogP contribution is 2.21. The number of aliphatic hydroxyl groups is 1. The summed E-state index contributed by atoms with van der Waals surface area (Å²) in [6, 6.07) is 9.26. The Balaban J connectivity index is 2.52. The lowest BCUT2D eigenvalue weighted by Gasteiger charge is -2.11. The molecule has 0 aromatic heterocycles. The quantitative estimate of drug-likeness (QED) is 0.715. The van der Waals surface area contributed by atoms with Gasteiger partial charge in [0.2, 0.25) is 0 Å². The molecule has 1 atom stereocenters. The first kappa shape index (κ1) is 13.1. The Kier molecular flexibility index (Phi) is 5.96. The molecular weight excluding hydrogens is 224 g/mol. The predicted molar refractivity (Wildman–Crippen MR) is 65.8 cm³/mol. The standard InChI is InChI=1S/C12H16O3S/c13-7-4-8-16-9-11(12(14)15)10-5-2-1-3-6-10/h1-3,5-6,11,13H,4,7-9H2,(H,14,15). The van der Waals surface area contributed by atoms with Gasteiger partial charge in [0.05, 0.1) is 5.92 Å². The number of hydrogen-bond acceptors (Lipinski definition) is 3. The van der Waals surface area contributed by atoms with Crippen LogP contribution in [-0.2, 0) is 4.79 Å². The molecule has 0 radical (unpaired) electrons. The summed E-state index contributed by atoms with van der Waals surface area (Å²) in [6.07, 6.45) is 0.714. The van der Waals surface area contributed by atoms with Gasteiger partial charge in [-0.05, 0) is 17.7 Å². The Bertz CT molecular complexity index is 313. The highest BCUT2D eigenvalue weighted by molar-refractivity contribution is 7.99. The van der Waals surface area contributed by atoms with Gasteiger partial charge in [-0.1, -0.05) is 30.3 Å². The average Bonchev–Trinajstić information content (AvgIpc) is 2.30. The zero-order chi connectivity index (χ0) is 11.8. The molecule has 1 aromatic carbocycles. The van der Waals surface area contributed by atoms with Crippen molar-refractivity contribution in [2.75, 3.05) is 18.1 Å². The summed E-state index contributed by atoms with van der Waals surface area (Å²) < 4.78 is 0. The third-order valence-corrected chi connectivity index (χ3v) is 3.38. The molecule has 3 nitrogen and oxygen atoms in total.